The first-order chi connectivity index (χ1) is 9.33. The van der Waals surface area contributed by atoms with Crippen LogP contribution in [-0.2, 0) is 0 Å². The maximum Gasteiger partial charge on any atom is 0.0249 e. The summed E-state index contributed by atoms with van der Waals surface area (Å²) in [6.07, 6.45) is 13.1. The van der Waals surface area contributed by atoms with Gasteiger partial charge in [-0.15, -0.1) is 0 Å². The van der Waals surface area contributed by atoms with Gasteiger partial charge in [0.05, 0.1) is 0 Å². The molecular weight excluding hydrogens is 232 g/mol. The van der Waals surface area contributed by atoms with Crippen molar-refractivity contribution < 1.29 is 0 Å². The van der Waals surface area contributed by atoms with Gasteiger partial charge in [0, 0.05) is 18.6 Å². The van der Waals surface area contributed by atoms with Crippen LogP contribution >= 0.6 is 0 Å². The summed E-state index contributed by atoms with van der Waals surface area (Å²) in [6, 6.07) is 1.68. The highest BCUT2D eigenvalue weighted by atomic mass is 15.2. The quantitative estimate of drug-likeness (QED) is 0.837. The number of nitrogens with zero attached hydrogens (tertiary/aromatic N) is 1. The van der Waals surface area contributed by atoms with Crippen LogP contribution in [0.3, 0.4) is 0 Å². The molecule has 0 spiro atoms. The highest BCUT2D eigenvalue weighted by Gasteiger charge is 2.34. The molecule has 0 aromatic rings. The molecule has 1 N–H and O–H groups in total. The molecule has 0 aromatic heterocycles. The van der Waals surface area contributed by atoms with Crippen molar-refractivity contribution in [2.24, 2.45) is 11.8 Å². The lowest BCUT2D eigenvalue weighted by molar-refractivity contribution is 0.179. The molecule has 2 heterocycles. The fourth-order valence-corrected chi connectivity index (χ4v) is 4.58. The Balaban J connectivity index is 1.36. The van der Waals surface area contributed by atoms with Crippen LogP contribution in [-0.4, -0.2) is 36.6 Å². The number of nitrogens with one attached hydrogen (secondary N) is 1. The van der Waals surface area contributed by atoms with E-state index in [9.17, 15) is 0 Å². The third kappa shape index (κ3) is 3.52. The van der Waals surface area contributed by atoms with E-state index >= 15 is 0 Å². The molecule has 2 atom stereocenters. The number of hydrogen-bond acceptors (Lipinski definition) is 2. The largest absolute Gasteiger partial charge is 0.312 e. The van der Waals surface area contributed by atoms with Gasteiger partial charge in [0.15, 0.2) is 0 Å². The summed E-state index contributed by atoms with van der Waals surface area (Å²) >= 11 is 0. The zero-order valence-electron chi connectivity index (χ0n) is 12.7. The van der Waals surface area contributed by atoms with Crippen molar-refractivity contribution in [2.45, 2.75) is 76.8 Å². The predicted molar refractivity (Wildman–Crippen MR) is 81.4 cm³/mol. The van der Waals surface area contributed by atoms with E-state index in [0.29, 0.717) is 0 Å². The maximum absolute atomic E-state index is 3.90. The Morgan fingerprint density at radius 3 is 2.63 bits per heavy atom. The molecule has 3 aliphatic rings. The first-order valence-electron chi connectivity index (χ1n) is 8.80. The van der Waals surface area contributed by atoms with Gasteiger partial charge in [-0.25, -0.2) is 0 Å². The molecule has 3 fully saturated rings. The van der Waals surface area contributed by atoms with E-state index in [4.69, 9.17) is 0 Å². The molecule has 2 nitrogen and oxygen atoms in total. The number of piperidine rings is 1. The minimum absolute atomic E-state index is 0.808. The van der Waals surface area contributed by atoms with E-state index in [-0.39, 0.29) is 0 Å². The first-order valence-corrected chi connectivity index (χ1v) is 8.80. The van der Waals surface area contributed by atoms with Gasteiger partial charge < -0.3 is 5.32 Å². The van der Waals surface area contributed by atoms with Crippen molar-refractivity contribution in [3.8, 4) is 0 Å². The van der Waals surface area contributed by atoms with Gasteiger partial charge in [-0.3, -0.25) is 4.90 Å². The molecule has 3 rings (SSSR count). The standard InChI is InChI=1S/C17H32N2/c1-14-5-7-15(8-6-14)9-11-18-16-10-13-19-12-3-2-4-17(16)19/h14-18H,2-13H2,1H3. The van der Waals surface area contributed by atoms with Crippen molar-refractivity contribution in [3.63, 3.8) is 0 Å². The average Bonchev–Trinajstić information content (AvgIpc) is 2.85. The average molecular weight is 264 g/mol. The Bertz CT molecular complexity index is 270. The number of rotatable bonds is 4. The van der Waals surface area contributed by atoms with E-state index in [1.165, 1.54) is 77.4 Å². The summed E-state index contributed by atoms with van der Waals surface area (Å²) in [6.45, 7) is 6.41. The van der Waals surface area contributed by atoms with Crippen LogP contribution in [0.25, 0.3) is 0 Å². The normalized spacial score (nSPS) is 40.3. The van der Waals surface area contributed by atoms with Crippen LogP contribution in [0, 0.1) is 11.8 Å². The van der Waals surface area contributed by atoms with E-state index in [1.807, 2.05) is 0 Å². The summed E-state index contributed by atoms with van der Waals surface area (Å²) in [5.74, 6) is 2.02. The topological polar surface area (TPSA) is 15.3 Å². The molecule has 2 unspecified atom stereocenters. The molecule has 110 valence electrons. The van der Waals surface area contributed by atoms with Gasteiger partial charge in [-0.1, -0.05) is 39.0 Å². The Labute approximate surface area is 119 Å². The first kappa shape index (κ1) is 13.9. The Morgan fingerprint density at radius 1 is 0.947 bits per heavy atom. The Kier molecular flexibility index (Phi) is 4.81. The third-order valence-corrected chi connectivity index (χ3v) is 5.95. The van der Waals surface area contributed by atoms with Crippen molar-refractivity contribution in [2.75, 3.05) is 19.6 Å². The molecule has 2 saturated heterocycles. The maximum atomic E-state index is 3.90. The molecule has 2 aliphatic heterocycles. The zero-order valence-corrected chi connectivity index (χ0v) is 12.7. The second-order valence-electron chi connectivity index (χ2n) is 7.36. The summed E-state index contributed by atoms with van der Waals surface area (Å²) in [5, 5.41) is 3.90. The SMILES string of the molecule is CC1CCC(CCNC2CCN3CCCCC23)CC1. The van der Waals surface area contributed by atoms with Crippen molar-refractivity contribution in [3.05, 3.63) is 0 Å². The second-order valence-corrected chi connectivity index (χ2v) is 7.36. The van der Waals surface area contributed by atoms with Gasteiger partial charge in [0.25, 0.3) is 0 Å². The smallest absolute Gasteiger partial charge is 0.0249 e. The molecule has 1 aliphatic carbocycles. The molecular formula is C17H32N2. The highest BCUT2D eigenvalue weighted by molar-refractivity contribution is 4.93. The molecule has 0 aromatic carbocycles. The lowest BCUT2D eigenvalue weighted by Gasteiger charge is -2.33. The van der Waals surface area contributed by atoms with E-state index in [1.54, 1.807) is 0 Å². The van der Waals surface area contributed by atoms with Crippen molar-refractivity contribution >= 4 is 0 Å². The molecule has 0 radical (unpaired) electrons. The van der Waals surface area contributed by atoms with Crippen LogP contribution in [0.2, 0.25) is 0 Å². The van der Waals surface area contributed by atoms with Gasteiger partial charge in [0.2, 0.25) is 0 Å². The molecule has 2 heteroatoms. The molecule has 0 amide bonds. The van der Waals surface area contributed by atoms with E-state index in [0.717, 1.165) is 23.9 Å². The molecule has 0 bridgehead atoms. The monoisotopic (exact) mass is 264 g/mol. The van der Waals surface area contributed by atoms with Gasteiger partial charge in [0.1, 0.15) is 0 Å². The van der Waals surface area contributed by atoms with Gasteiger partial charge in [-0.2, -0.15) is 0 Å². The van der Waals surface area contributed by atoms with Gasteiger partial charge >= 0.3 is 0 Å². The molecule has 1 saturated carbocycles. The Morgan fingerprint density at radius 2 is 1.79 bits per heavy atom. The minimum atomic E-state index is 0.808. The highest BCUT2D eigenvalue weighted by Crippen LogP contribution is 2.31. The van der Waals surface area contributed by atoms with Crippen molar-refractivity contribution in [1.82, 2.24) is 10.2 Å². The van der Waals surface area contributed by atoms with Crippen LogP contribution in [0.1, 0.15) is 64.7 Å². The predicted octanol–water partition coefficient (Wildman–Crippen LogP) is 3.42. The molecule has 19 heavy (non-hydrogen) atoms. The van der Waals surface area contributed by atoms with Crippen LogP contribution in [0.15, 0.2) is 0 Å². The fourth-order valence-electron chi connectivity index (χ4n) is 4.58. The summed E-state index contributed by atoms with van der Waals surface area (Å²) in [5.41, 5.74) is 0. The van der Waals surface area contributed by atoms with E-state index in [2.05, 4.69) is 17.1 Å². The summed E-state index contributed by atoms with van der Waals surface area (Å²) in [4.78, 5) is 2.74. The minimum Gasteiger partial charge on any atom is -0.312 e. The third-order valence-electron chi connectivity index (χ3n) is 5.95. The lowest BCUT2D eigenvalue weighted by Crippen LogP contribution is -2.45. The van der Waals surface area contributed by atoms with Gasteiger partial charge in [-0.05, 0) is 50.6 Å². The van der Waals surface area contributed by atoms with Crippen LogP contribution in [0.4, 0.5) is 0 Å². The summed E-state index contributed by atoms with van der Waals surface area (Å²) in [7, 11) is 0. The van der Waals surface area contributed by atoms with E-state index < -0.39 is 0 Å². The Hall–Kier alpha value is -0.0800. The van der Waals surface area contributed by atoms with Crippen LogP contribution in [0.5, 0.6) is 0 Å². The number of fused-ring (bicyclic) bond motifs is 1. The lowest BCUT2D eigenvalue weighted by atomic mass is 9.81. The second kappa shape index (κ2) is 6.58. The zero-order chi connectivity index (χ0) is 13.1. The number of hydrogen-bond donors (Lipinski definition) is 1. The van der Waals surface area contributed by atoms with Crippen molar-refractivity contribution in [1.29, 1.82) is 0 Å². The van der Waals surface area contributed by atoms with Crippen LogP contribution < -0.4 is 5.32 Å². The summed E-state index contributed by atoms with van der Waals surface area (Å²) < 4.78 is 0. The fraction of sp³-hybridized carbons (Fsp3) is 1.00.